The van der Waals surface area contributed by atoms with Crippen molar-refractivity contribution in [3.05, 3.63) is 11.6 Å². The first-order valence-electron chi connectivity index (χ1n) is 4.20. The molecule has 0 amide bonds. The van der Waals surface area contributed by atoms with Crippen LogP contribution < -0.4 is 0 Å². The van der Waals surface area contributed by atoms with Gasteiger partial charge in [0.25, 0.3) is 0 Å². The Kier molecular flexibility index (Phi) is 1.89. The Morgan fingerprint density at radius 1 is 1.50 bits per heavy atom. The predicted octanol–water partition coefficient (Wildman–Crippen LogP) is 3.39. The average Bonchev–Trinajstić information content (AvgIpc) is 1.81. The summed E-state index contributed by atoms with van der Waals surface area (Å²) in [7, 11) is 0. The van der Waals surface area contributed by atoms with Gasteiger partial charge in [-0.3, -0.25) is 0 Å². The lowest BCUT2D eigenvalue weighted by molar-refractivity contribution is 0.239. The predicted molar refractivity (Wildman–Crippen MR) is 45.9 cm³/mol. The number of allylic oxidation sites excluding steroid dienone is 2. The van der Waals surface area contributed by atoms with Crippen LogP contribution in [0.2, 0.25) is 0 Å². The van der Waals surface area contributed by atoms with Gasteiger partial charge in [-0.1, -0.05) is 32.4 Å². The molecule has 0 aliphatic heterocycles. The highest BCUT2D eigenvalue weighted by atomic mass is 14.3. The van der Waals surface area contributed by atoms with Gasteiger partial charge in [0.05, 0.1) is 0 Å². The number of hydrogen-bond acceptors (Lipinski definition) is 0. The van der Waals surface area contributed by atoms with Crippen molar-refractivity contribution >= 4 is 0 Å². The molecule has 1 aliphatic carbocycles. The summed E-state index contributed by atoms with van der Waals surface area (Å²) in [5.41, 5.74) is 2.12. The second kappa shape index (κ2) is 2.41. The molecule has 0 aromatic carbocycles. The van der Waals surface area contributed by atoms with Gasteiger partial charge in [-0.15, -0.1) is 0 Å². The van der Waals surface area contributed by atoms with Crippen LogP contribution in [0.4, 0.5) is 0 Å². The minimum atomic E-state index is 0.541. The topological polar surface area (TPSA) is 0 Å². The third-order valence-electron chi connectivity index (χ3n) is 2.93. The van der Waals surface area contributed by atoms with Crippen LogP contribution in [0.25, 0.3) is 0 Å². The molecule has 1 aliphatic rings. The molecule has 0 fully saturated rings. The lowest BCUT2D eigenvalue weighted by Gasteiger charge is -2.34. The first-order valence-corrected chi connectivity index (χ1v) is 4.20. The Labute approximate surface area is 64.3 Å². The van der Waals surface area contributed by atoms with Crippen LogP contribution in [0.3, 0.4) is 0 Å². The zero-order chi connectivity index (χ0) is 7.78. The van der Waals surface area contributed by atoms with Crippen LogP contribution in [0, 0.1) is 11.3 Å². The second-order valence-corrected chi connectivity index (χ2v) is 4.29. The fraction of sp³-hybridized carbons (Fsp3) is 0.800. The molecule has 10 heavy (non-hydrogen) atoms. The molecule has 0 heteroatoms. The monoisotopic (exact) mass is 138 g/mol. The lowest BCUT2D eigenvalue weighted by atomic mass is 9.71. The maximum Gasteiger partial charge on any atom is -0.0208 e. The van der Waals surface area contributed by atoms with Crippen molar-refractivity contribution in [2.75, 3.05) is 0 Å². The SMILES string of the molecule is CC1=CC(C)C(C)(C)CC1. The van der Waals surface area contributed by atoms with E-state index in [1.165, 1.54) is 12.8 Å². The van der Waals surface area contributed by atoms with Gasteiger partial charge in [-0.25, -0.2) is 0 Å². The minimum Gasteiger partial charge on any atom is -0.0822 e. The molecule has 0 spiro atoms. The Balaban J connectivity index is 2.74. The van der Waals surface area contributed by atoms with E-state index in [1.54, 1.807) is 5.57 Å². The molecule has 0 saturated heterocycles. The molecule has 0 bridgehead atoms. The third kappa shape index (κ3) is 1.42. The van der Waals surface area contributed by atoms with E-state index in [0.29, 0.717) is 5.41 Å². The van der Waals surface area contributed by atoms with Crippen LogP contribution >= 0.6 is 0 Å². The fourth-order valence-electron chi connectivity index (χ4n) is 1.48. The molecule has 0 aromatic rings. The Bertz CT molecular complexity index is 151. The van der Waals surface area contributed by atoms with Crippen LogP contribution in [-0.2, 0) is 0 Å². The molecular formula is C10H18. The van der Waals surface area contributed by atoms with E-state index in [4.69, 9.17) is 0 Å². The second-order valence-electron chi connectivity index (χ2n) is 4.29. The van der Waals surface area contributed by atoms with E-state index >= 15 is 0 Å². The summed E-state index contributed by atoms with van der Waals surface area (Å²) in [6.07, 6.45) is 5.08. The zero-order valence-electron chi connectivity index (χ0n) is 7.57. The van der Waals surface area contributed by atoms with Crippen molar-refractivity contribution in [1.82, 2.24) is 0 Å². The van der Waals surface area contributed by atoms with E-state index < -0.39 is 0 Å². The first kappa shape index (κ1) is 7.84. The summed E-state index contributed by atoms with van der Waals surface area (Å²) in [6.45, 7) is 9.29. The summed E-state index contributed by atoms with van der Waals surface area (Å²) >= 11 is 0. The van der Waals surface area contributed by atoms with Crippen molar-refractivity contribution in [2.45, 2.75) is 40.5 Å². The Hall–Kier alpha value is -0.260. The molecule has 0 radical (unpaired) electrons. The highest BCUT2D eigenvalue weighted by Gasteiger charge is 2.26. The fourth-order valence-corrected chi connectivity index (χ4v) is 1.48. The van der Waals surface area contributed by atoms with Crippen LogP contribution in [0.1, 0.15) is 40.5 Å². The molecule has 0 heterocycles. The van der Waals surface area contributed by atoms with Gasteiger partial charge < -0.3 is 0 Å². The summed E-state index contributed by atoms with van der Waals surface area (Å²) in [5, 5.41) is 0. The Morgan fingerprint density at radius 2 is 2.10 bits per heavy atom. The molecule has 0 aromatic heterocycles. The molecule has 1 rings (SSSR count). The lowest BCUT2D eigenvalue weighted by Crippen LogP contribution is -2.23. The van der Waals surface area contributed by atoms with Crippen molar-refractivity contribution in [1.29, 1.82) is 0 Å². The summed E-state index contributed by atoms with van der Waals surface area (Å²) in [6, 6.07) is 0. The van der Waals surface area contributed by atoms with E-state index in [9.17, 15) is 0 Å². The summed E-state index contributed by atoms with van der Waals surface area (Å²) < 4.78 is 0. The molecule has 58 valence electrons. The van der Waals surface area contributed by atoms with Crippen LogP contribution in [-0.4, -0.2) is 0 Å². The van der Waals surface area contributed by atoms with Gasteiger partial charge in [0.15, 0.2) is 0 Å². The van der Waals surface area contributed by atoms with Gasteiger partial charge >= 0.3 is 0 Å². The van der Waals surface area contributed by atoms with Gasteiger partial charge in [-0.2, -0.15) is 0 Å². The highest BCUT2D eigenvalue weighted by Crippen LogP contribution is 2.38. The molecular weight excluding hydrogens is 120 g/mol. The normalized spacial score (nSPS) is 31.6. The standard InChI is InChI=1S/C10H18/c1-8-5-6-10(3,4)9(2)7-8/h7,9H,5-6H2,1-4H3. The van der Waals surface area contributed by atoms with Crippen molar-refractivity contribution in [3.63, 3.8) is 0 Å². The largest absolute Gasteiger partial charge is 0.0822 e. The van der Waals surface area contributed by atoms with E-state index in [0.717, 1.165) is 5.92 Å². The molecule has 0 nitrogen and oxygen atoms in total. The maximum atomic E-state index is 2.42. The number of hydrogen-bond donors (Lipinski definition) is 0. The first-order chi connectivity index (χ1) is 4.52. The molecule has 1 atom stereocenters. The maximum absolute atomic E-state index is 2.42. The van der Waals surface area contributed by atoms with Crippen LogP contribution in [0.5, 0.6) is 0 Å². The molecule has 0 saturated carbocycles. The third-order valence-corrected chi connectivity index (χ3v) is 2.93. The van der Waals surface area contributed by atoms with Crippen molar-refractivity contribution in [3.8, 4) is 0 Å². The molecule has 1 unspecified atom stereocenters. The number of rotatable bonds is 0. The van der Waals surface area contributed by atoms with Gasteiger partial charge in [0, 0.05) is 0 Å². The quantitative estimate of drug-likeness (QED) is 0.450. The van der Waals surface area contributed by atoms with E-state index in [1.807, 2.05) is 0 Å². The van der Waals surface area contributed by atoms with Gasteiger partial charge in [0.2, 0.25) is 0 Å². The summed E-state index contributed by atoms with van der Waals surface area (Å²) in [4.78, 5) is 0. The van der Waals surface area contributed by atoms with E-state index in [-0.39, 0.29) is 0 Å². The van der Waals surface area contributed by atoms with E-state index in [2.05, 4.69) is 33.8 Å². The highest BCUT2D eigenvalue weighted by molar-refractivity contribution is 5.08. The Morgan fingerprint density at radius 3 is 2.50 bits per heavy atom. The van der Waals surface area contributed by atoms with Crippen molar-refractivity contribution < 1.29 is 0 Å². The van der Waals surface area contributed by atoms with Crippen LogP contribution in [0.15, 0.2) is 11.6 Å². The minimum absolute atomic E-state index is 0.541. The summed E-state index contributed by atoms with van der Waals surface area (Å²) in [5.74, 6) is 0.765. The smallest absolute Gasteiger partial charge is 0.0208 e. The van der Waals surface area contributed by atoms with Gasteiger partial charge in [-0.05, 0) is 31.1 Å². The average molecular weight is 138 g/mol. The van der Waals surface area contributed by atoms with Gasteiger partial charge in [0.1, 0.15) is 0 Å². The molecule has 0 N–H and O–H groups in total. The van der Waals surface area contributed by atoms with Crippen molar-refractivity contribution in [2.24, 2.45) is 11.3 Å². The zero-order valence-corrected chi connectivity index (χ0v) is 7.57.